The number of nitrogens with two attached hydrogens (primary N) is 1. The van der Waals surface area contributed by atoms with E-state index >= 15 is 0 Å². The Morgan fingerprint density at radius 2 is 1.61 bits per heavy atom. The number of carbonyl (C=O) groups is 3. The molecule has 0 aromatic heterocycles. The van der Waals surface area contributed by atoms with Crippen LogP contribution in [0.2, 0.25) is 0 Å². The van der Waals surface area contributed by atoms with E-state index < -0.39 is 38.9 Å². The molecule has 166 valence electrons. The number of nitrogens with one attached hydrogen (secondary N) is 2. The Hall–Kier alpha value is -2.67. The van der Waals surface area contributed by atoms with Gasteiger partial charge in [-0.25, -0.2) is 0 Å². The number of benzene rings is 2. The zero-order valence-electron chi connectivity index (χ0n) is 17.7. The van der Waals surface area contributed by atoms with E-state index in [4.69, 9.17) is 5.73 Å². The first-order chi connectivity index (χ1) is 14.8. The molecule has 0 aliphatic heterocycles. The van der Waals surface area contributed by atoms with Crippen molar-refractivity contribution in [2.24, 2.45) is 11.7 Å². The van der Waals surface area contributed by atoms with Gasteiger partial charge in [0.05, 0.1) is 0 Å². The number of aromatic hydroxyl groups is 1. The molecule has 2 aromatic carbocycles. The van der Waals surface area contributed by atoms with Crippen LogP contribution in [0, 0.1) is 5.92 Å². The van der Waals surface area contributed by atoms with Crippen molar-refractivity contribution in [1.82, 2.24) is 10.6 Å². The number of hydrogen-bond acceptors (Lipinski definition) is 5. The third-order valence-electron chi connectivity index (χ3n) is 4.48. The molecule has 0 heterocycles. The van der Waals surface area contributed by atoms with E-state index in [2.05, 4.69) is 10.6 Å². The molecule has 0 saturated carbocycles. The van der Waals surface area contributed by atoms with Crippen LogP contribution in [0.3, 0.4) is 0 Å². The summed E-state index contributed by atoms with van der Waals surface area (Å²) in [5.74, 6) is -0.576. The van der Waals surface area contributed by atoms with Gasteiger partial charge in [0.1, 0.15) is 0 Å². The third-order valence-corrected chi connectivity index (χ3v) is 6.57. The summed E-state index contributed by atoms with van der Waals surface area (Å²) in [5.41, 5.74) is 6.17. The number of phenolic OH excluding ortho intramolecular Hbond substituents is 1. The van der Waals surface area contributed by atoms with Crippen LogP contribution in [-0.2, 0) is 20.8 Å². The first-order valence-corrected chi connectivity index (χ1v) is 11.8. The molecule has 2 atom stereocenters. The van der Waals surface area contributed by atoms with E-state index in [1.165, 1.54) is 12.1 Å². The molecule has 0 aliphatic carbocycles. The Morgan fingerprint density at radius 3 is 2.19 bits per heavy atom. The molecule has 7 nitrogen and oxygen atoms in total. The van der Waals surface area contributed by atoms with Crippen molar-refractivity contribution in [2.45, 2.75) is 38.8 Å². The van der Waals surface area contributed by atoms with Gasteiger partial charge in [0.25, 0.3) is 0 Å². The summed E-state index contributed by atoms with van der Waals surface area (Å²) in [7, 11) is 0. The summed E-state index contributed by atoms with van der Waals surface area (Å²) in [5, 5.41) is 15.0. The summed E-state index contributed by atoms with van der Waals surface area (Å²) >= 11 is -0.430. The Labute approximate surface area is 189 Å². The third kappa shape index (κ3) is 8.53. The molecular weight excluding hydrogens is 461 g/mol. The predicted octanol–water partition coefficient (Wildman–Crippen LogP) is 0.465. The molecule has 0 aliphatic rings. The molecule has 0 saturated heterocycles. The molecule has 2 aromatic rings. The number of rotatable bonds is 11. The van der Waals surface area contributed by atoms with Crippen LogP contribution in [0.15, 0.2) is 54.6 Å². The summed E-state index contributed by atoms with van der Waals surface area (Å²) in [6, 6.07) is 14.3. The number of amides is 2. The Balaban J connectivity index is 2.15. The molecule has 5 N–H and O–H groups in total. The fourth-order valence-electron chi connectivity index (χ4n) is 2.96. The van der Waals surface area contributed by atoms with Gasteiger partial charge in [-0.15, -0.1) is 0 Å². The second-order valence-corrected chi connectivity index (χ2v) is 9.88. The van der Waals surface area contributed by atoms with Gasteiger partial charge < -0.3 is 0 Å². The van der Waals surface area contributed by atoms with Gasteiger partial charge >= 0.3 is 189 Å². The SMILES string of the molecule is CC(C)C[C@H](NC(=O)[C@H](Cc1ccc(O)cc1)NC(=O)CN)C(=O)[Se]c1ccccc1. The number of phenols is 1. The average Bonchev–Trinajstić information content (AvgIpc) is 2.74. The molecule has 0 fully saturated rings. The maximum absolute atomic E-state index is 13.1. The first-order valence-electron chi connectivity index (χ1n) is 10.1. The van der Waals surface area contributed by atoms with Crippen molar-refractivity contribution in [3.63, 3.8) is 0 Å². The van der Waals surface area contributed by atoms with Crippen LogP contribution in [0.25, 0.3) is 0 Å². The summed E-state index contributed by atoms with van der Waals surface area (Å²) in [4.78, 5) is 37.9. The average molecular weight is 490 g/mol. The molecule has 0 radical (unpaired) electrons. The fraction of sp³-hybridized carbons (Fsp3) is 0.348. The van der Waals surface area contributed by atoms with Crippen molar-refractivity contribution in [3.8, 4) is 5.75 Å². The molecule has 0 spiro atoms. The zero-order valence-corrected chi connectivity index (χ0v) is 19.4. The maximum atomic E-state index is 13.1. The van der Waals surface area contributed by atoms with Crippen molar-refractivity contribution < 1.29 is 19.5 Å². The number of carbonyl (C=O) groups excluding carboxylic acids is 3. The van der Waals surface area contributed by atoms with Crippen LogP contribution in [-0.4, -0.2) is 55.2 Å². The summed E-state index contributed by atoms with van der Waals surface area (Å²) < 4.78 is 0.925. The van der Waals surface area contributed by atoms with E-state index in [9.17, 15) is 19.5 Å². The normalized spacial score (nSPS) is 12.8. The Morgan fingerprint density at radius 1 is 0.968 bits per heavy atom. The van der Waals surface area contributed by atoms with Crippen molar-refractivity contribution in [3.05, 3.63) is 60.2 Å². The van der Waals surface area contributed by atoms with Crippen LogP contribution < -0.4 is 20.8 Å². The molecule has 0 unspecified atom stereocenters. The van der Waals surface area contributed by atoms with E-state index in [1.807, 2.05) is 44.2 Å². The van der Waals surface area contributed by atoms with Crippen LogP contribution in [0.4, 0.5) is 0 Å². The molecule has 0 bridgehead atoms. The van der Waals surface area contributed by atoms with Crippen LogP contribution in [0.5, 0.6) is 5.75 Å². The van der Waals surface area contributed by atoms with Crippen molar-refractivity contribution in [1.29, 1.82) is 0 Å². The zero-order chi connectivity index (χ0) is 22.8. The minimum atomic E-state index is -0.882. The Bertz CT molecular complexity index is 872. The molecule has 2 rings (SSSR count). The topological polar surface area (TPSA) is 122 Å². The van der Waals surface area contributed by atoms with E-state index in [0.29, 0.717) is 6.42 Å². The predicted molar refractivity (Wildman–Crippen MR) is 121 cm³/mol. The van der Waals surface area contributed by atoms with Gasteiger partial charge in [-0.2, -0.15) is 0 Å². The van der Waals surface area contributed by atoms with Gasteiger partial charge in [-0.3, -0.25) is 0 Å². The fourth-order valence-corrected chi connectivity index (χ4v) is 4.69. The monoisotopic (exact) mass is 491 g/mol. The van der Waals surface area contributed by atoms with Crippen LogP contribution >= 0.6 is 0 Å². The molecule has 8 heteroatoms. The van der Waals surface area contributed by atoms with Crippen molar-refractivity contribution >= 4 is 35.9 Å². The van der Waals surface area contributed by atoms with Gasteiger partial charge in [0.2, 0.25) is 0 Å². The van der Waals surface area contributed by atoms with E-state index in [-0.39, 0.29) is 29.3 Å². The van der Waals surface area contributed by atoms with Gasteiger partial charge in [-0.1, -0.05) is 0 Å². The molecule has 31 heavy (non-hydrogen) atoms. The first kappa shape index (κ1) is 24.6. The van der Waals surface area contributed by atoms with E-state index in [1.54, 1.807) is 12.1 Å². The second kappa shape index (κ2) is 12.2. The second-order valence-electron chi connectivity index (χ2n) is 7.62. The number of hydrogen-bond donors (Lipinski definition) is 4. The quantitative estimate of drug-likeness (QED) is 0.341. The standard InChI is InChI=1S/C23H29N3O4Se/c1-15(2)12-20(23(30)31-18-6-4-3-5-7-18)26-22(29)19(25-21(28)14-24)13-16-8-10-17(27)11-9-16/h3-11,15,19-20,27H,12-14,24H2,1-2H3,(H,25,28)(H,26,29)/t19-,20-/m0/s1. The van der Waals surface area contributed by atoms with E-state index in [0.717, 1.165) is 10.0 Å². The van der Waals surface area contributed by atoms with Gasteiger partial charge in [-0.05, 0) is 0 Å². The Kier molecular flexibility index (Phi) is 9.72. The minimum absolute atomic E-state index is 0.0192. The summed E-state index contributed by atoms with van der Waals surface area (Å²) in [6.07, 6.45) is 0.722. The van der Waals surface area contributed by atoms with Gasteiger partial charge in [0, 0.05) is 0 Å². The van der Waals surface area contributed by atoms with Gasteiger partial charge in [0.15, 0.2) is 0 Å². The van der Waals surface area contributed by atoms with Crippen LogP contribution in [0.1, 0.15) is 25.8 Å². The molecule has 2 amide bonds. The van der Waals surface area contributed by atoms with Crippen molar-refractivity contribution in [2.75, 3.05) is 6.54 Å². The summed E-state index contributed by atoms with van der Waals surface area (Å²) in [6.45, 7) is 3.74. The molecular formula is C23H29N3O4Se.